The van der Waals surface area contributed by atoms with Gasteiger partial charge in [-0.05, 0) is 64.1 Å². The van der Waals surface area contributed by atoms with Gasteiger partial charge in [-0.1, -0.05) is 90.2 Å². The van der Waals surface area contributed by atoms with Crippen LogP contribution in [0.5, 0.6) is 0 Å². The number of nitrogens with zero attached hydrogens (tertiary/aromatic N) is 2. The first-order valence-electron chi connectivity index (χ1n) is 12.0. The van der Waals surface area contributed by atoms with Gasteiger partial charge in [0.1, 0.15) is 5.82 Å². The molecule has 0 spiro atoms. The fourth-order valence-corrected chi connectivity index (χ4v) is 6.48. The third kappa shape index (κ3) is 3.31. The number of allylic oxidation sites excluding steroid dienone is 1. The molecule has 36 heavy (non-hydrogen) atoms. The maximum absolute atomic E-state index is 13.9. The van der Waals surface area contributed by atoms with Crippen molar-refractivity contribution in [1.29, 1.82) is 0 Å². The first-order valence-corrected chi connectivity index (χ1v) is 12.9. The lowest BCUT2D eigenvalue weighted by atomic mass is 9.83. The van der Waals surface area contributed by atoms with Gasteiger partial charge in [-0.3, -0.25) is 9.36 Å². The lowest BCUT2D eigenvalue weighted by Crippen LogP contribution is -2.38. The summed E-state index contributed by atoms with van der Waals surface area (Å²) in [5, 5.41) is 2.24. The van der Waals surface area contributed by atoms with Gasteiger partial charge in [0.05, 0.1) is 16.3 Å². The van der Waals surface area contributed by atoms with Gasteiger partial charge in [0.15, 0.2) is 4.80 Å². The van der Waals surface area contributed by atoms with Crippen LogP contribution in [0.25, 0.3) is 22.5 Å². The van der Waals surface area contributed by atoms with E-state index >= 15 is 0 Å². The summed E-state index contributed by atoms with van der Waals surface area (Å²) in [5.74, 6) is -0.287. The summed E-state index contributed by atoms with van der Waals surface area (Å²) in [4.78, 5) is 19.6. The molecule has 0 radical (unpaired) electrons. The monoisotopic (exact) mass is 488 g/mol. The number of halogens is 1. The van der Waals surface area contributed by atoms with Gasteiger partial charge >= 0.3 is 0 Å². The van der Waals surface area contributed by atoms with E-state index in [0.29, 0.717) is 9.33 Å². The molecule has 1 unspecified atom stereocenters. The molecule has 1 atom stereocenters. The predicted molar refractivity (Wildman–Crippen MR) is 143 cm³/mol. The topological polar surface area (TPSA) is 34.4 Å². The Labute approximate surface area is 210 Å². The Hall–Kier alpha value is -4.09. The molecule has 0 N–H and O–H groups in total. The van der Waals surface area contributed by atoms with Crippen molar-refractivity contribution in [3.05, 3.63) is 144 Å². The molecule has 7 rings (SSSR count). The molecule has 0 saturated carbocycles. The molecule has 5 aromatic rings. The van der Waals surface area contributed by atoms with Crippen molar-refractivity contribution < 1.29 is 4.39 Å². The Balaban J connectivity index is 1.50. The minimum Gasteiger partial charge on any atom is -0.272 e. The molecule has 0 fully saturated rings. The van der Waals surface area contributed by atoms with E-state index in [1.165, 1.54) is 29.0 Å². The zero-order valence-corrected chi connectivity index (χ0v) is 20.1. The molecular weight excluding hydrogens is 467 g/mol. The number of aryl methyl sites for hydroxylation is 1. The van der Waals surface area contributed by atoms with Crippen LogP contribution in [0.1, 0.15) is 34.7 Å². The summed E-state index contributed by atoms with van der Waals surface area (Å²) in [6.45, 7) is 0. The van der Waals surface area contributed by atoms with Gasteiger partial charge in [-0.2, -0.15) is 0 Å². The van der Waals surface area contributed by atoms with E-state index in [1.54, 1.807) is 12.1 Å². The number of aromatic nitrogens is 1. The van der Waals surface area contributed by atoms with E-state index in [2.05, 4.69) is 36.4 Å². The molecule has 0 bridgehead atoms. The average molecular weight is 489 g/mol. The highest BCUT2D eigenvalue weighted by molar-refractivity contribution is 7.07. The van der Waals surface area contributed by atoms with Crippen LogP contribution < -0.4 is 14.9 Å². The molecule has 2 aliphatic rings. The van der Waals surface area contributed by atoms with Crippen LogP contribution in [-0.2, 0) is 6.42 Å². The highest BCUT2D eigenvalue weighted by Gasteiger charge is 2.32. The summed E-state index contributed by atoms with van der Waals surface area (Å²) in [5.41, 5.74) is 6.30. The van der Waals surface area contributed by atoms with Crippen LogP contribution in [0.2, 0.25) is 0 Å². The largest absolute Gasteiger partial charge is 0.272 e. The van der Waals surface area contributed by atoms with E-state index in [1.807, 2.05) is 41.0 Å². The van der Waals surface area contributed by atoms with Gasteiger partial charge in [-0.15, -0.1) is 0 Å². The van der Waals surface area contributed by atoms with Crippen LogP contribution in [0.3, 0.4) is 0 Å². The maximum Gasteiger partial charge on any atom is 0.271 e. The van der Waals surface area contributed by atoms with Crippen LogP contribution >= 0.6 is 11.3 Å². The van der Waals surface area contributed by atoms with E-state index in [9.17, 15) is 9.18 Å². The molecule has 0 amide bonds. The molecule has 1 aromatic heterocycles. The fourth-order valence-electron chi connectivity index (χ4n) is 5.49. The smallest absolute Gasteiger partial charge is 0.271 e. The Kier molecular flexibility index (Phi) is 4.86. The lowest BCUT2D eigenvalue weighted by Gasteiger charge is -2.30. The second kappa shape index (κ2) is 8.25. The summed E-state index contributed by atoms with van der Waals surface area (Å²) in [6, 6.07) is 28.9. The van der Waals surface area contributed by atoms with E-state index in [-0.39, 0.29) is 17.4 Å². The molecule has 3 nitrogen and oxygen atoms in total. The van der Waals surface area contributed by atoms with Gasteiger partial charge in [0, 0.05) is 5.56 Å². The van der Waals surface area contributed by atoms with Gasteiger partial charge in [0.2, 0.25) is 0 Å². The Morgan fingerprint density at radius 2 is 1.67 bits per heavy atom. The van der Waals surface area contributed by atoms with E-state index in [0.717, 1.165) is 51.6 Å². The third-order valence-corrected chi connectivity index (χ3v) is 8.15. The number of benzene rings is 4. The quantitative estimate of drug-likeness (QED) is 0.318. The number of thiazole rings is 1. The van der Waals surface area contributed by atoms with E-state index < -0.39 is 0 Å². The SMILES string of the molecule is O=c1/c(=C\c2cccc3ccccc23)sc2n1C(c1ccc(F)cc1)C1=C(N=2)c2ccccc2CC1. The van der Waals surface area contributed by atoms with Crippen LogP contribution in [0, 0.1) is 5.82 Å². The van der Waals surface area contributed by atoms with Crippen molar-refractivity contribution in [1.82, 2.24) is 4.57 Å². The number of hydrogen-bond donors (Lipinski definition) is 0. The molecule has 1 aliphatic heterocycles. The average Bonchev–Trinajstić information content (AvgIpc) is 3.22. The fraction of sp³-hybridized carbons (Fsp3) is 0.0968. The highest BCUT2D eigenvalue weighted by atomic mass is 32.1. The van der Waals surface area contributed by atoms with Gasteiger partial charge in [-0.25, -0.2) is 9.38 Å². The number of fused-ring (bicyclic) bond motifs is 4. The highest BCUT2D eigenvalue weighted by Crippen LogP contribution is 2.41. The molecule has 0 saturated heterocycles. The summed E-state index contributed by atoms with van der Waals surface area (Å²) in [6.07, 6.45) is 3.68. The zero-order valence-electron chi connectivity index (χ0n) is 19.3. The number of rotatable bonds is 2. The number of hydrogen-bond acceptors (Lipinski definition) is 3. The minimum atomic E-state index is -0.306. The second-order valence-electron chi connectivity index (χ2n) is 9.23. The normalized spacial score (nSPS) is 16.9. The van der Waals surface area contributed by atoms with Crippen molar-refractivity contribution in [2.45, 2.75) is 18.9 Å². The maximum atomic E-state index is 13.9. The van der Waals surface area contributed by atoms with Crippen molar-refractivity contribution >= 4 is 33.9 Å². The summed E-state index contributed by atoms with van der Waals surface area (Å²) >= 11 is 1.42. The Morgan fingerprint density at radius 3 is 2.56 bits per heavy atom. The molecule has 5 heteroatoms. The summed E-state index contributed by atoms with van der Waals surface area (Å²) in [7, 11) is 0. The second-order valence-corrected chi connectivity index (χ2v) is 10.2. The zero-order chi connectivity index (χ0) is 24.2. The summed E-state index contributed by atoms with van der Waals surface area (Å²) < 4.78 is 16.3. The minimum absolute atomic E-state index is 0.0635. The van der Waals surface area contributed by atoms with Gasteiger partial charge in [0.25, 0.3) is 5.56 Å². The molecule has 2 heterocycles. The molecule has 174 valence electrons. The standard InChI is InChI=1S/C31H21FN2OS/c32-23-15-12-21(13-16-23)29-26-17-14-20-7-2-4-11-25(20)28(26)33-31-34(29)30(35)27(36-31)18-22-9-5-8-19-6-1-3-10-24(19)22/h1-13,15-16,18,29H,14,17H2/b27-18+. The molecular formula is C31H21FN2OS. The Bertz CT molecular complexity index is 1870. The first-order chi connectivity index (χ1) is 17.7. The van der Waals surface area contributed by atoms with E-state index in [4.69, 9.17) is 4.99 Å². The van der Waals surface area contributed by atoms with Crippen LogP contribution in [0.4, 0.5) is 4.39 Å². The van der Waals surface area contributed by atoms with Crippen LogP contribution in [-0.4, -0.2) is 4.57 Å². The lowest BCUT2D eigenvalue weighted by molar-refractivity contribution is 0.581. The van der Waals surface area contributed by atoms with Gasteiger partial charge < -0.3 is 0 Å². The molecule has 1 aliphatic carbocycles. The van der Waals surface area contributed by atoms with Crippen molar-refractivity contribution in [2.75, 3.05) is 0 Å². The van der Waals surface area contributed by atoms with Crippen molar-refractivity contribution in [3.63, 3.8) is 0 Å². The molecule has 4 aromatic carbocycles. The third-order valence-electron chi connectivity index (χ3n) is 7.17. The first kappa shape index (κ1) is 21.2. The van der Waals surface area contributed by atoms with Crippen molar-refractivity contribution in [3.8, 4) is 0 Å². The van der Waals surface area contributed by atoms with Crippen LogP contribution in [0.15, 0.2) is 106 Å². The Morgan fingerprint density at radius 1 is 0.889 bits per heavy atom. The van der Waals surface area contributed by atoms with Crippen molar-refractivity contribution in [2.24, 2.45) is 4.99 Å². The predicted octanol–water partition coefficient (Wildman–Crippen LogP) is 5.61.